The van der Waals surface area contributed by atoms with E-state index in [1.54, 1.807) is 16.3 Å². The van der Waals surface area contributed by atoms with Crippen molar-refractivity contribution >= 4 is 29.1 Å². The minimum absolute atomic E-state index is 0.0424. The van der Waals surface area contributed by atoms with Crippen LogP contribution in [0.15, 0.2) is 11.4 Å². The summed E-state index contributed by atoms with van der Waals surface area (Å²) in [6.07, 6.45) is 1.56. The molecule has 1 N–H and O–H groups in total. The number of hydrogen-bond acceptors (Lipinski definition) is 4. The first-order valence-electron chi connectivity index (χ1n) is 6.46. The van der Waals surface area contributed by atoms with Crippen molar-refractivity contribution in [2.24, 2.45) is 0 Å². The van der Waals surface area contributed by atoms with Gasteiger partial charge in [-0.15, -0.1) is 11.3 Å². The number of hydrogen-bond donors (Lipinski definition) is 1. The molecule has 0 bridgehead atoms. The molecule has 0 aliphatic carbocycles. The van der Waals surface area contributed by atoms with Crippen LogP contribution in [-0.4, -0.2) is 51.8 Å². The van der Waals surface area contributed by atoms with Crippen molar-refractivity contribution in [3.05, 3.63) is 21.9 Å². The highest BCUT2D eigenvalue weighted by Crippen LogP contribution is 2.26. The van der Waals surface area contributed by atoms with Crippen LogP contribution in [0.5, 0.6) is 0 Å². The van der Waals surface area contributed by atoms with Crippen molar-refractivity contribution < 1.29 is 19.5 Å². The minimum Gasteiger partial charge on any atom is -0.477 e. The zero-order valence-electron chi connectivity index (χ0n) is 10.7. The molecular formula is C13H14N2O4S. The van der Waals surface area contributed by atoms with Gasteiger partial charge in [0.25, 0.3) is 0 Å². The van der Waals surface area contributed by atoms with E-state index in [0.717, 1.165) is 17.8 Å². The number of carboxylic acids is 1. The fourth-order valence-electron chi connectivity index (χ4n) is 2.85. The summed E-state index contributed by atoms with van der Waals surface area (Å²) in [5.74, 6) is -1.10. The van der Waals surface area contributed by atoms with Gasteiger partial charge in [0.05, 0.1) is 0 Å². The smallest absolute Gasteiger partial charge is 0.346 e. The molecule has 1 atom stereocenters. The zero-order valence-corrected chi connectivity index (χ0v) is 11.6. The van der Waals surface area contributed by atoms with Crippen LogP contribution in [0.1, 0.15) is 28.1 Å². The Labute approximate surface area is 119 Å². The molecule has 2 fully saturated rings. The molecule has 1 unspecified atom stereocenters. The average molecular weight is 294 g/mol. The molecule has 106 valence electrons. The maximum Gasteiger partial charge on any atom is 0.346 e. The first-order chi connectivity index (χ1) is 9.58. The summed E-state index contributed by atoms with van der Waals surface area (Å²) in [7, 11) is 0. The Morgan fingerprint density at radius 2 is 2.25 bits per heavy atom. The first kappa shape index (κ1) is 13.1. The van der Waals surface area contributed by atoms with Gasteiger partial charge in [-0.25, -0.2) is 4.79 Å². The minimum atomic E-state index is -0.992. The lowest BCUT2D eigenvalue weighted by molar-refractivity contribution is -0.154. The zero-order chi connectivity index (χ0) is 14.3. The van der Waals surface area contributed by atoms with Crippen molar-refractivity contribution in [1.29, 1.82) is 0 Å². The van der Waals surface area contributed by atoms with E-state index in [4.69, 9.17) is 5.11 Å². The van der Waals surface area contributed by atoms with Crippen LogP contribution in [-0.2, 0) is 16.1 Å². The average Bonchev–Trinajstić information content (AvgIpc) is 3.04. The number of carbonyl (C=O) groups is 3. The van der Waals surface area contributed by atoms with Gasteiger partial charge in [-0.3, -0.25) is 9.59 Å². The molecule has 2 saturated heterocycles. The standard InChI is InChI=1S/C13H14N2O4S/c16-10-7-14(12(17)9-2-1-4-15(9)10)6-8-3-5-20-11(8)13(18)19/h3,5,9H,1-2,4,6-7H2,(H,18,19). The third kappa shape index (κ3) is 2.07. The van der Waals surface area contributed by atoms with Gasteiger partial charge in [-0.05, 0) is 29.9 Å². The summed E-state index contributed by atoms with van der Waals surface area (Å²) in [6.45, 7) is 0.895. The van der Waals surface area contributed by atoms with E-state index in [0.29, 0.717) is 18.5 Å². The van der Waals surface area contributed by atoms with E-state index in [-0.39, 0.29) is 35.8 Å². The number of carboxylic acid groups (broad SMARTS) is 1. The van der Waals surface area contributed by atoms with Crippen LogP contribution in [0.3, 0.4) is 0 Å². The van der Waals surface area contributed by atoms with Crippen LogP contribution < -0.4 is 0 Å². The molecule has 2 aliphatic heterocycles. The molecule has 20 heavy (non-hydrogen) atoms. The quantitative estimate of drug-likeness (QED) is 0.893. The van der Waals surface area contributed by atoms with E-state index in [2.05, 4.69) is 0 Å². The molecule has 0 aromatic carbocycles. The molecule has 6 nitrogen and oxygen atoms in total. The summed E-state index contributed by atoms with van der Waals surface area (Å²) in [4.78, 5) is 38.8. The number of thiophene rings is 1. The van der Waals surface area contributed by atoms with Crippen LogP contribution in [0.4, 0.5) is 0 Å². The number of rotatable bonds is 3. The summed E-state index contributed by atoms with van der Waals surface area (Å²) in [6, 6.07) is 1.36. The Balaban J connectivity index is 1.80. The second-order valence-electron chi connectivity index (χ2n) is 5.02. The molecular weight excluding hydrogens is 280 g/mol. The van der Waals surface area contributed by atoms with Crippen molar-refractivity contribution in [3.63, 3.8) is 0 Å². The monoisotopic (exact) mass is 294 g/mol. The largest absolute Gasteiger partial charge is 0.477 e. The second-order valence-corrected chi connectivity index (χ2v) is 5.94. The topological polar surface area (TPSA) is 77.9 Å². The summed E-state index contributed by atoms with van der Waals surface area (Å²) >= 11 is 1.13. The first-order valence-corrected chi connectivity index (χ1v) is 7.34. The SMILES string of the molecule is O=C(O)c1sccc1CN1CC(=O)N2CCCC2C1=O. The Kier molecular flexibility index (Phi) is 3.21. The molecule has 0 radical (unpaired) electrons. The van der Waals surface area contributed by atoms with Gasteiger partial charge in [0.1, 0.15) is 17.5 Å². The highest BCUT2D eigenvalue weighted by molar-refractivity contribution is 7.12. The fraction of sp³-hybridized carbons (Fsp3) is 0.462. The lowest BCUT2D eigenvalue weighted by atomic mass is 10.1. The number of piperazine rings is 1. The third-order valence-corrected chi connectivity index (χ3v) is 4.74. The van der Waals surface area contributed by atoms with Crippen LogP contribution in [0, 0.1) is 0 Å². The van der Waals surface area contributed by atoms with Gasteiger partial charge >= 0.3 is 5.97 Å². The number of fused-ring (bicyclic) bond motifs is 1. The summed E-state index contributed by atoms with van der Waals surface area (Å²) < 4.78 is 0. The van der Waals surface area contributed by atoms with Gasteiger partial charge in [-0.1, -0.05) is 0 Å². The Morgan fingerprint density at radius 3 is 3.00 bits per heavy atom. The summed E-state index contributed by atoms with van der Waals surface area (Å²) in [5.41, 5.74) is 0.593. The molecule has 0 saturated carbocycles. The van der Waals surface area contributed by atoms with Gasteiger partial charge in [0.2, 0.25) is 11.8 Å². The highest BCUT2D eigenvalue weighted by Gasteiger charge is 2.41. The van der Waals surface area contributed by atoms with E-state index >= 15 is 0 Å². The number of nitrogens with zero attached hydrogens (tertiary/aromatic N) is 2. The maximum absolute atomic E-state index is 12.3. The molecule has 0 spiro atoms. The fourth-order valence-corrected chi connectivity index (χ4v) is 3.61. The molecule has 2 aliphatic rings. The normalized spacial score (nSPS) is 22.3. The van der Waals surface area contributed by atoms with Crippen molar-refractivity contribution in [1.82, 2.24) is 9.80 Å². The molecule has 3 heterocycles. The lowest BCUT2D eigenvalue weighted by Crippen LogP contribution is -2.56. The van der Waals surface area contributed by atoms with E-state index in [1.165, 1.54) is 4.90 Å². The van der Waals surface area contributed by atoms with Crippen molar-refractivity contribution in [3.8, 4) is 0 Å². The Hall–Kier alpha value is -1.89. The second kappa shape index (κ2) is 4.90. The Bertz CT molecular complexity index is 583. The number of amides is 2. The van der Waals surface area contributed by atoms with E-state index < -0.39 is 5.97 Å². The van der Waals surface area contributed by atoms with Crippen molar-refractivity contribution in [2.75, 3.05) is 13.1 Å². The predicted octanol–water partition coefficient (Wildman–Crippen LogP) is 0.780. The maximum atomic E-state index is 12.3. The van der Waals surface area contributed by atoms with E-state index in [1.807, 2.05) is 0 Å². The van der Waals surface area contributed by atoms with Crippen LogP contribution in [0.25, 0.3) is 0 Å². The molecule has 7 heteroatoms. The lowest BCUT2D eigenvalue weighted by Gasteiger charge is -2.36. The molecule has 2 amide bonds. The van der Waals surface area contributed by atoms with Gasteiger partial charge < -0.3 is 14.9 Å². The van der Waals surface area contributed by atoms with Gasteiger partial charge in [0, 0.05) is 13.1 Å². The van der Waals surface area contributed by atoms with Gasteiger partial charge in [0.15, 0.2) is 0 Å². The van der Waals surface area contributed by atoms with Crippen LogP contribution in [0.2, 0.25) is 0 Å². The predicted molar refractivity (Wildman–Crippen MR) is 71.4 cm³/mol. The number of aromatic carboxylic acids is 1. The molecule has 1 aromatic heterocycles. The molecule has 1 aromatic rings. The summed E-state index contributed by atoms with van der Waals surface area (Å²) in [5, 5.41) is 10.8. The van der Waals surface area contributed by atoms with Gasteiger partial charge in [-0.2, -0.15) is 0 Å². The number of carbonyl (C=O) groups excluding carboxylic acids is 2. The Morgan fingerprint density at radius 1 is 1.45 bits per heavy atom. The highest BCUT2D eigenvalue weighted by atomic mass is 32.1. The van der Waals surface area contributed by atoms with E-state index in [9.17, 15) is 14.4 Å². The van der Waals surface area contributed by atoms with Crippen molar-refractivity contribution in [2.45, 2.75) is 25.4 Å². The third-order valence-electron chi connectivity index (χ3n) is 3.80. The molecule has 3 rings (SSSR count). The van der Waals surface area contributed by atoms with Crippen LogP contribution >= 0.6 is 11.3 Å².